The van der Waals surface area contributed by atoms with Crippen LogP contribution in [0.1, 0.15) is 55.1 Å². The van der Waals surface area contributed by atoms with Crippen LogP contribution in [0.25, 0.3) is 0 Å². The van der Waals surface area contributed by atoms with Gasteiger partial charge in [-0.2, -0.15) is 4.28 Å². The van der Waals surface area contributed by atoms with Crippen LogP contribution < -0.4 is 10.1 Å². The smallest absolute Gasteiger partial charge is 0.412 e. The summed E-state index contributed by atoms with van der Waals surface area (Å²) in [5.74, 6) is 0.445. The van der Waals surface area contributed by atoms with Crippen molar-refractivity contribution in [2.45, 2.75) is 46.1 Å². The third-order valence-electron chi connectivity index (χ3n) is 5.20. The van der Waals surface area contributed by atoms with Gasteiger partial charge in [-0.15, -0.1) is 0 Å². The van der Waals surface area contributed by atoms with Gasteiger partial charge in [0.05, 0.1) is 22.3 Å². The van der Waals surface area contributed by atoms with Crippen molar-refractivity contribution in [2.75, 3.05) is 11.9 Å². The lowest BCUT2D eigenvalue weighted by Crippen LogP contribution is -2.35. The quantitative estimate of drug-likeness (QED) is 0.0788. The third kappa shape index (κ3) is 5.57. The van der Waals surface area contributed by atoms with Crippen molar-refractivity contribution in [3.63, 3.8) is 0 Å². The van der Waals surface area contributed by atoms with Crippen LogP contribution in [0, 0.1) is 6.92 Å². The van der Waals surface area contributed by atoms with Gasteiger partial charge in [0.2, 0.25) is 6.21 Å². The average molecular weight is 512 g/mol. The highest BCUT2D eigenvalue weighted by molar-refractivity contribution is 7.74. The summed E-state index contributed by atoms with van der Waals surface area (Å²) in [7, 11) is 0. The second kappa shape index (κ2) is 10.2. The van der Waals surface area contributed by atoms with Crippen LogP contribution >= 0.6 is 36.1 Å². The molecule has 33 heavy (non-hydrogen) atoms. The maximum atomic E-state index is 12.1. The minimum atomic E-state index is -0.756. The lowest BCUT2D eigenvalue weighted by atomic mass is 9.92. The van der Waals surface area contributed by atoms with Crippen molar-refractivity contribution in [2.24, 2.45) is 0 Å². The number of carbonyl (C=O) groups excluding carboxylic acids is 2. The van der Waals surface area contributed by atoms with Crippen molar-refractivity contribution >= 4 is 65.6 Å². The number of amides is 1. The molecule has 2 aromatic carbocycles. The Morgan fingerprint density at radius 1 is 1.30 bits per heavy atom. The first-order valence-electron chi connectivity index (χ1n) is 10.3. The van der Waals surface area contributed by atoms with Crippen LogP contribution in [0.5, 0.6) is 5.75 Å². The first-order valence-corrected chi connectivity index (χ1v) is 11.4. The molecule has 0 atom stereocenters. The van der Waals surface area contributed by atoms with Crippen molar-refractivity contribution in [1.82, 2.24) is 0 Å². The second-order valence-electron chi connectivity index (χ2n) is 8.08. The number of hydrogen-bond donors (Lipinski definition) is 2. The zero-order valence-corrected chi connectivity index (χ0v) is 21.1. The minimum absolute atomic E-state index is 0.166. The topological polar surface area (TPSA) is 76.9 Å². The summed E-state index contributed by atoms with van der Waals surface area (Å²) in [4.78, 5) is 23.8. The predicted molar refractivity (Wildman–Crippen MR) is 132 cm³/mol. The highest BCUT2D eigenvalue weighted by Gasteiger charge is 2.34. The number of anilines is 1. The van der Waals surface area contributed by atoms with Gasteiger partial charge >= 0.3 is 6.09 Å². The number of rotatable bonds is 8. The number of ketones is 1. The molecule has 1 amide bonds. The van der Waals surface area contributed by atoms with Gasteiger partial charge in [-0.1, -0.05) is 23.2 Å². The van der Waals surface area contributed by atoms with Crippen molar-refractivity contribution in [3.05, 3.63) is 51.0 Å². The van der Waals surface area contributed by atoms with Crippen LogP contribution in [0.3, 0.4) is 0 Å². The van der Waals surface area contributed by atoms with Crippen molar-refractivity contribution < 1.29 is 28.1 Å². The van der Waals surface area contributed by atoms with E-state index in [4.69, 9.17) is 37.0 Å². The Balaban J connectivity index is 1.68. The molecule has 0 spiro atoms. The summed E-state index contributed by atoms with van der Waals surface area (Å²) in [6, 6.07) is 6.99. The average Bonchev–Trinajstić information content (AvgIpc) is 2.73. The Bertz CT molecular complexity index is 1130. The number of cyclic esters (lactones) is 1. The van der Waals surface area contributed by atoms with Crippen LogP contribution in [0.15, 0.2) is 24.3 Å². The maximum absolute atomic E-state index is 12.1. The lowest BCUT2D eigenvalue weighted by molar-refractivity contribution is -0.672. The fourth-order valence-corrected chi connectivity index (χ4v) is 4.21. The number of fused-ring (bicyclic) bond motifs is 1. The second-order valence-corrected chi connectivity index (χ2v) is 9.03. The maximum Gasteiger partial charge on any atom is 0.412 e. The van der Waals surface area contributed by atoms with E-state index in [1.807, 2.05) is 32.9 Å². The Kier molecular flexibility index (Phi) is 7.82. The number of thiol groups is 1. The molecule has 176 valence electrons. The van der Waals surface area contributed by atoms with E-state index in [2.05, 4.69) is 18.2 Å². The van der Waals surface area contributed by atoms with E-state index in [1.54, 1.807) is 18.3 Å². The van der Waals surface area contributed by atoms with Gasteiger partial charge in [0.1, 0.15) is 29.8 Å². The molecule has 0 saturated heterocycles. The van der Waals surface area contributed by atoms with E-state index in [1.165, 1.54) is 11.7 Å². The van der Waals surface area contributed by atoms with Gasteiger partial charge in [-0.3, -0.25) is 10.1 Å². The van der Waals surface area contributed by atoms with Crippen LogP contribution in [-0.4, -0.2) is 29.4 Å². The lowest BCUT2D eigenvalue weighted by Gasteiger charge is -2.33. The van der Waals surface area contributed by atoms with Crippen molar-refractivity contribution in [3.8, 4) is 5.75 Å². The molecule has 3 rings (SSSR count). The summed E-state index contributed by atoms with van der Waals surface area (Å²) in [5, 5.41) is 3.20. The Labute approximate surface area is 208 Å². The number of unbranched alkanes of at least 4 members (excludes halogenated alkanes) is 1. The Morgan fingerprint density at radius 2 is 2.03 bits per heavy atom. The highest BCUT2D eigenvalue weighted by Crippen LogP contribution is 2.40. The van der Waals surface area contributed by atoms with E-state index in [-0.39, 0.29) is 21.4 Å². The molecule has 0 aliphatic carbocycles. The summed E-state index contributed by atoms with van der Waals surface area (Å²) < 4.78 is 17.8. The molecule has 1 N–H and O–H groups in total. The fourth-order valence-electron chi connectivity index (χ4n) is 3.61. The Hall–Kier alpha value is -2.42. The van der Waals surface area contributed by atoms with Gasteiger partial charge in [-0.05, 0) is 57.9 Å². The number of hydrogen-bond acceptors (Lipinski definition) is 6. The molecule has 10 heteroatoms. The molecule has 0 aromatic heterocycles. The normalized spacial score (nSPS) is 14.8. The first kappa shape index (κ1) is 25.2. The number of halogens is 2. The van der Waals surface area contributed by atoms with Gasteiger partial charge in [-0.25, -0.2) is 4.79 Å². The summed E-state index contributed by atoms with van der Waals surface area (Å²) >= 11 is 16.2. The molecular weight excluding hydrogens is 487 g/mol. The predicted octanol–water partition coefficient (Wildman–Crippen LogP) is 6.65. The van der Waals surface area contributed by atoms with E-state index in [0.717, 1.165) is 16.8 Å². The molecule has 2 aromatic rings. The third-order valence-corrected chi connectivity index (χ3v) is 6.18. The standard InChI is InChI=1S/C23H24Cl2N2O5S/c1-13-11-15(12-16-21(13)26-22(29)31-23(16,3)4)30-10-6-5-9-27(32-33)18-8-7-17(24)20(25)19(18)14(2)28/h7-9,11-12H,5-6,10H2,1-4H3,(H-,26,29,33)/p+1. The van der Waals surface area contributed by atoms with Gasteiger partial charge in [0.15, 0.2) is 5.78 Å². The minimum Gasteiger partial charge on any atom is -0.494 e. The molecule has 1 heterocycles. The SMILES string of the molecule is CC(=O)c1c([N+](=CCCCOc2cc(C)c3c(c2)C(C)(C)OC(=O)N3)OS)ccc(Cl)c1Cl. The van der Waals surface area contributed by atoms with Crippen LogP contribution in [0.2, 0.25) is 10.0 Å². The molecule has 0 bridgehead atoms. The Morgan fingerprint density at radius 3 is 2.70 bits per heavy atom. The van der Waals surface area contributed by atoms with E-state index in [0.29, 0.717) is 30.9 Å². The summed E-state index contributed by atoms with van der Waals surface area (Å²) in [6.45, 7) is 7.43. The van der Waals surface area contributed by atoms with Gasteiger partial charge in [0.25, 0.3) is 5.69 Å². The number of Topliss-reactive ketones (excluding diaryl/α,β-unsaturated/α-hetero) is 1. The number of aryl methyl sites for hydroxylation is 1. The fraction of sp³-hybridized carbons (Fsp3) is 0.348. The summed E-state index contributed by atoms with van der Waals surface area (Å²) in [6.07, 6.45) is 2.52. The zero-order valence-electron chi connectivity index (χ0n) is 18.7. The molecule has 1 aliphatic heterocycles. The number of carbonyl (C=O) groups is 2. The number of ether oxygens (including phenoxy) is 2. The molecule has 0 saturated carbocycles. The number of benzene rings is 2. The van der Waals surface area contributed by atoms with E-state index >= 15 is 0 Å². The van der Waals surface area contributed by atoms with E-state index < -0.39 is 11.7 Å². The van der Waals surface area contributed by atoms with Gasteiger partial charge in [0, 0.05) is 22.8 Å². The van der Waals surface area contributed by atoms with Crippen LogP contribution in [-0.2, 0) is 14.6 Å². The zero-order chi connectivity index (χ0) is 24.3. The molecule has 0 unspecified atom stereocenters. The highest BCUT2D eigenvalue weighted by atomic mass is 35.5. The molecule has 1 aliphatic rings. The van der Waals surface area contributed by atoms with Gasteiger partial charge < -0.3 is 9.47 Å². The largest absolute Gasteiger partial charge is 0.494 e. The van der Waals surface area contributed by atoms with E-state index in [9.17, 15) is 9.59 Å². The number of nitrogens with one attached hydrogen (secondary N) is 1. The molecular formula is C23H25Cl2N2O5S+. The molecule has 7 nitrogen and oxygen atoms in total. The molecule has 0 fully saturated rings. The number of nitrogens with zero attached hydrogens (tertiary/aromatic N) is 1. The molecule has 0 radical (unpaired) electrons. The van der Waals surface area contributed by atoms with Crippen molar-refractivity contribution in [1.29, 1.82) is 0 Å². The first-order chi connectivity index (χ1) is 15.5. The monoisotopic (exact) mass is 511 g/mol. The summed E-state index contributed by atoms with van der Waals surface area (Å²) in [5.41, 5.74) is 2.45. The van der Waals surface area contributed by atoms with Crippen LogP contribution in [0.4, 0.5) is 16.2 Å².